The highest BCUT2D eigenvalue weighted by Gasteiger charge is 2.20. The van der Waals surface area contributed by atoms with E-state index in [1.54, 1.807) is 38.1 Å². The average molecular weight is 459 g/mol. The minimum Gasteiger partial charge on any atom is -0.484 e. The van der Waals surface area contributed by atoms with Gasteiger partial charge in [-0.05, 0) is 61.2 Å². The Hall–Kier alpha value is -3.17. The Morgan fingerprint density at radius 3 is 2.50 bits per heavy atom. The second kappa shape index (κ2) is 9.13. The van der Waals surface area contributed by atoms with Crippen LogP contribution in [0.2, 0.25) is 0 Å². The molecule has 0 aliphatic carbocycles. The van der Waals surface area contributed by atoms with Gasteiger partial charge in [0.1, 0.15) is 11.3 Å². The molecule has 0 aliphatic heterocycles. The number of carbonyl (C=O) groups is 1. The molecule has 1 N–H and O–H groups in total. The molecule has 8 nitrogen and oxygen atoms in total. The monoisotopic (exact) mass is 458 g/mol. The number of fused-ring (bicyclic) bond motifs is 1. The number of aryl methyl sites for hydroxylation is 2. The maximum absolute atomic E-state index is 12.5. The topological polar surface area (TPSA) is 106 Å². The van der Waals surface area contributed by atoms with E-state index in [-0.39, 0.29) is 11.5 Å². The molecule has 1 aromatic heterocycles. The Balaban J connectivity index is 1.78. The first-order chi connectivity index (χ1) is 15.0. The van der Waals surface area contributed by atoms with Gasteiger partial charge >= 0.3 is 5.63 Å². The van der Waals surface area contributed by atoms with Crippen molar-refractivity contribution in [3.63, 3.8) is 0 Å². The lowest BCUT2D eigenvalue weighted by Gasteiger charge is -2.16. The lowest BCUT2D eigenvalue weighted by atomic mass is 10.1. The summed E-state index contributed by atoms with van der Waals surface area (Å²) in [5.41, 5.74) is 2.72. The number of ether oxygens (including phenoxy) is 1. The van der Waals surface area contributed by atoms with Crippen molar-refractivity contribution >= 4 is 32.6 Å². The first-order valence-electron chi connectivity index (χ1n) is 10.1. The fourth-order valence-corrected chi connectivity index (χ4v) is 4.26. The van der Waals surface area contributed by atoms with Crippen molar-refractivity contribution in [2.45, 2.75) is 32.1 Å². The van der Waals surface area contributed by atoms with E-state index in [0.717, 1.165) is 26.4 Å². The summed E-state index contributed by atoms with van der Waals surface area (Å²) in [6.45, 7) is 5.23. The Labute approximate surface area is 186 Å². The second-order valence-corrected chi connectivity index (χ2v) is 9.79. The first kappa shape index (κ1) is 23.5. The van der Waals surface area contributed by atoms with Crippen LogP contribution in [0.1, 0.15) is 23.6 Å². The molecular weight excluding hydrogens is 432 g/mol. The van der Waals surface area contributed by atoms with Gasteiger partial charge in [-0.2, -0.15) is 0 Å². The zero-order valence-electron chi connectivity index (χ0n) is 18.7. The molecule has 2 aromatic carbocycles. The number of sulfonamides is 1. The summed E-state index contributed by atoms with van der Waals surface area (Å²) in [5.74, 6) is -0.0725. The van der Waals surface area contributed by atoms with E-state index < -0.39 is 21.6 Å². The SMILES string of the molecule is CCc1cc(=O)oc2cc(OCC(=O)Nc3cc(S(=O)(=O)N(C)C)cc(C)c3C)ccc12. The van der Waals surface area contributed by atoms with Crippen LogP contribution in [-0.4, -0.2) is 39.3 Å². The molecule has 0 fully saturated rings. The molecule has 1 heterocycles. The summed E-state index contributed by atoms with van der Waals surface area (Å²) in [4.78, 5) is 24.3. The molecule has 0 unspecified atom stereocenters. The normalized spacial score (nSPS) is 11.7. The number of hydrogen-bond acceptors (Lipinski definition) is 6. The van der Waals surface area contributed by atoms with Crippen LogP contribution in [0.3, 0.4) is 0 Å². The van der Waals surface area contributed by atoms with Gasteiger partial charge in [-0.25, -0.2) is 17.5 Å². The predicted molar refractivity (Wildman–Crippen MR) is 123 cm³/mol. The summed E-state index contributed by atoms with van der Waals surface area (Å²) >= 11 is 0. The van der Waals surface area contributed by atoms with Crippen molar-refractivity contribution in [1.29, 1.82) is 0 Å². The van der Waals surface area contributed by atoms with Gasteiger partial charge in [0, 0.05) is 37.3 Å². The molecule has 3 rings (SSSR count). The molecule has 0 aliphatic rings. The van der Waals surface area contributed by atoms with Gasteiger partial charge in [0.2, 0.25) is 10.0 Å². The quantitative estimate of drug-likeness (QED) is 0.545. The standard InChI is InChI=1S/C23H26N2O6S/c1-6-16-10-23(27)31-21-11-17(7-8-19(16)21)30-13-22(26)24-20-12-18(9-14(2)15(20)3)32(28,29)25(4)5/h7-12H,6,13H2,1-5H3,(H,24,26). The van der Waals surface area contributed by atoms with E-state index in [1.165, 1.54) is 26.2 Å². The zero-order valence-corrected chi connectivity index (χ0v) is 19.5. The van der Waals surface area contributed by atoms with Crippen molar-refractivity contribution in [2.24, 2.45) is 0 Å². The number of nitrogens with zero attached hydrogens (tertiary/aromatic N) is 1. The average Bonchev–Trinajstić information content (AvgIpc) is 2.74. The molecule has 0 atom stereocenters. The van der Waals surface area contributed by atoms with Crippen LogP contribution in [0.4, 0.5) is 5.69 Å². The Morgan fingerprint density at radius 2 is 1.84 bits per heavy atom. The fourth-order valence-electron chi connectivity index (χ4n) is 3.24. The molecule has 32 heavy (non-hydrogen) atoms. The highest BCUT2D eigenvalue weighted by molar-refractivity contribution is 7.89. The molecule has 3 aromatic rings. The van der Waals surface area contributed by atoms with Gasteiger partial charge in [0.05, 0.1) is 4.90 Å². The van der Waals surface area contributed by atoms with Crippen LogP contribution in [0.25, 0.3) is 11.0 Å². The minimum atomic E-state index is -3.65. The highest BCUT2D eigenvalue weighted by Crippen LogP contribution is 2.26. The van der Waals surface area contributed by atoms with Crippen molar-refractivity contribution in [3.8, 4) is 5.75 Å². The molecule has 170 valence electrons. The van der Waals surface area contributed by atoms with Crippen LogP contribution in [0, 0.1) is 13.8 Å². The molecule has 1 amide bonds. The zero-order chi connectivity index (χ0) is 23.6. The van der Waals surface area contributed by atoms with Gasteiger partial charge in [-0.15, -0.1) is 0 Å². The first-order valence-corrected chi connectivity index (χ1v) is 11.5. The fraction of sp³-hybridized carbons (Fsp3) is 0.304. The van der Waals surface area contributed by atoms with E-state index in [1.807, 2.05) is 6.92 Å². The van der Waals surface area contributed by atoms with Crippen LogP contribution in [0.5, 0.6) is 5.75 Å². The summed E-state index contributed by atoms with van der Waals surface area (Å²) in [7, 11) is -0.745. The number of amides is 1. The van der Waals surface area contributed by atoms with Crippen molar-refractivity contribution in [3.05, 3.63) is 63.5 Å². The Morgan fingerprint density at radius 1 is 1.12 bits per heavy atom. The Kier molecular flexibility index (Phi) is 6.71. The smallest absolute Gasteiger partial charge is 0.336 e. The summed E-state index contributed by atoms with van der Waals surface area (Å²) in [5, 5.41) is 3.53. The minimum absolute atomic E-state index is 0.0955. The number of rotatable bonds is 7. The number of anilines is 1. The number of benzene rings is 2. The van der Waals surface area contributed by atoms with Gasteiger partial charge in [0.15, 0.2) is 6.61 Å². The maximum atomic E-state index is 12.5. The highest BCUT2D eigenvalue weighted by atomic mass is 32.2. The summed E-state index contributed by atoms with van der Waals surface area (Å²) in [6, 6.07) is 9.53. The third-order valence-electron chi connectivity index (χ3n) is 5.25. The van der Waals surface area contributed by atoms with E-state index in [2.05, 4.69) is 5.32 Å². The molecule has 0 bridgehead atoms. The lowest BCUT2D eigenvalue weighted by molar-refractivity contribution is -0.118. The van der Waals surface area contributed by atoms with Crippen LogP contribution < -0.4 is 15.7 Å². The van der Waals surface area contributed by atoms with Gasteiger partial charge < -0.3 is 14.5 Å². The number of hydrogen-bond donors (Lipinski definition) is 1. The maximum Gasteiger partial charge on any atom is 0.336 e. The molecule has 0 spiro atoms. The Bertz CT molecular complexity index is 1340. The van der Waals surface area contributed by atoms with Gasteiger partial charge in [-0.1, -0.05) is 6.92 Å². The largest absolute Gasteiger partial charge is 0.484 e. The molecule has 0 saturated carbocycles. The van der Waals surface area contributed by atoms with E-state index in [0.29, 0.717) is 23.4 Å². The summed E-state index contributed by atoms with van der Waals surface area (Å²) in [6.07, 6.45) is 0.687. The number of carbonyl (C=O) groups excluding carboxylic acids is 1. The molecule has 0 saturated heterocycles. The van der Waals surface area contributed by atoms with Crippen LogP contribution in [0.15, 0.2) is 50.5 Å². The van der Waals surface area contributed by atoms with E-state index >= 15 is 0 Å². The van der Waals surface area contributed by atoms with Gasteiger partial charge in [-0.3, -0.25) is 4.79 Å². The van der Waals surface area contributed by atoms with Gasteiger partial charge in [0.25, 0.3) is 5.91 Å². The molecule has 9 heteroatoms. The molecular formula is C23H26N2O6S. The predicted octanol–water partition coefficient (Wildman–Crippen LogP) is 3.24. The number of nitrogens with one attached hydrogen (secondary N) is 1. The van der Waals surface area contributed by atoms with Crippen molar-refractivity contribution < 1.29 is 22.4 Å². The van der Waals surface area contributed by atoms with E-state index in [4.69, 9.17) is 9.15 Å². The summed E-state index contributed by atoms with van der Waals surface area (Å²) < 4.78 is 36.9. The van der Waals surface area contributed by atoms with Crippen molar-refractivity contribution in [1.82, 2.24) is 4.31 Å². The lowest BCUT2D eigenvalue weighted by Crippen LogP contribution is -2.24. The third kappa shape index (κ3) is 4.84. The van der Waals surface area contributed by atoms with Crippen molar-refractivity contribution in [2.75, 3.05) is 26.0 Å². The van der Waals surface area contributed by atoms with Crippen LogP contribution in [-0.2, 0) is 21.2 Å². The van der Waals surface area contributed by atoms with E-state index in [9.17, 15) is 18.0 Å². The molecule has 0 radical (unpaired) electrons. The second-order valence-electron chi connectivity index (χ2n) is 7.64. The van der Waals surface area contributed by atoms with Crippen LogP contribution >= 0.6 is 0 Å². The third-order valence-corrected chi connectivity index (χ3v) is 7.04.